The number of hydrogen-bond donors (Lipinski definition) is 3. The van der Waals surface area contributed by atoms with E-state index >= 15 is 0 Å². The van der Waals surface area contributed by atoms with Gasteiger partial charge in [0.1, 0.15) is 11.6 Å². The first-order valence-electron chi connectivity index (χ1n) is 11.7. The van der Waals surface area contributed by atoms with E-state index in [1.165, 1.54) is 4.88 Å². The molecule has 3 N–H and O–H groups in total. The predicted molar refractivity (Wildman–Crippen MR) is 137 cm³/mol. The van der Waals surface area contributed by atoms with E-state index in [-0.39, 0.29) is 28.9 Å². The summed E-state index contributed by atoms with van der Waals surface area (Å²) in [7, 11) is 0. The fourth-order valence-electron chi connectivity index (χ4n) is 5.41. The van der Waals surface area contributed by atoms with Crippen molar-refractivity contribution in [3.63, 3.8) is 0 Å². The molecule has 0 amide bonds. The number of carbonyl (C=O) groups is 2. The van der Waals surface area contributed by atoms with Gasteiger partial charge in [-0.1, -0.05) is 30.3 Å². The van der Waals surface area contributed by atoms with Crippen molar-refractivity contribution >= 4 is 28.9 Å². The molecule has 7 nitrogen and oxygen atoms in total. The second-order valence-corrected chi connectivity index (χ2v) is 10.1. The zero-order valence-corrected chi connectivity index (χ0v) is 20.2. The number of para-hydroxylation sites is 1. The van der Waals surface area contributed by atoms with Gasteiger partial charge in [-0.15, -0.1) is 11.3 Å². The second-order valence-electron chi connectivity index (χ2n) is 9.17. The zero-order chi connectivity index (χ0) is 25.0. The topological polar surface area (TPSA) is 104 Å². The van der Waals surface area contributed by atoms with Crippen LogP contribution in [0.25, 0.3) is 5.69 Å². The maximum absolute atomic E-state index is 13.7. The summed E-state index contributed by atoms with van der Waals surface area (Å²) in [6.45, 7) is 1.88. The van der Waals surface area contributed by atoms with E-state index in [1.807, 2.05) is 30.5 Å². The number of allylic oxidation sites excluding steroid dienone is 2. The third-order valence-corrected chi connectivity index (χ3v) is 8.03. The summed E-state index contributed by atoms with van der Waals surface area (Å²) in [5.41, 5.74) is 4.56. The zero-order valence-electron chi connectivity index (χ0n) is 19.4. The van der Waals surface area contributed by atoms with Crippen LogP contribution in [0.2, 0.25) is 0 Å². The van der Waals surface area contributed by atoms with Crippen molar-refractivity contribution in [3.05, 3.63) is 105 Å². The molecule has 8 heteroatoms. The van der Waals surface area contributed by atoms with Gasteiger partial charge in [-0.2, -0.15) is 5.10 Å². The molecule has 180 valence electrons. The van der Waals surface area contributed by atoms with Crippen molar-refractivity contribution in [2.45, 2.75) is 31.6 Å². The number of phenolic OH excluding ortho intramolecular Hbond substituents is 1. The Labute approximate surface area is 211 Å². The highest BCUT2D eigenvalue weighted by Crippen LogP contribution is 2.50. The fraction of sp³-hybridized carbons (Fsp3) is 0.179. The first-order chi connectivity index (χ1) is 17.4. The molecule has 4 aromatic rings. The number of fused-ring (bicyclic) bond motifs is 1. The molecule has 0 bridgehead atoms. The number of rotatable bonds is 4. The van der Waals surface area contributed by atoms with Crippen molar-refractivity contribution in [3.8, 4) is 11.4 Å². The van der Waals surface area contributed by atoms with E-state index < -0.39 is 5.97 Å². The molecular weight excluding hydrogens is 474 g/mol. The molecule has 0 spiro atoms. The lowest BCUT2D eigenvalue weighted by Crippen LogP contribution is -2.30. The Morgan fingerprint density at radius 2 is 1.86 bits per heavy atom. The monoisotopic (exact) mass is 497 g/mol. The quantitative estimate of drug-likeness (QED) is 0.339. The minimum atomic E-state index is -1.04. The van der Waals surface area contributed by atoms with Gasteiger partial charge in [0.2, 0.25) is 0 Å². The maximum Gasteiger partial charge on any atom is 0.337 e. The van der Waals surface area contributed by atoms with E-state index in [0.717, 1.165) is 22.4 Å². The minimum Gasteiger partial charge on any atom is -0.508 e. The largest absolute Gasteiger partial charge is 0.508 e. The number of nitrogens with zero attached hydrogens (tertiary/aromatic N) is 2. The van der Waals surface area contributed by atoms with Gasteiger partial charge in [0.15, 0.2) is 5.78 Å². The number of benzene rings is 2. The molecule has 36 heavy (non-hydrogen) atoms. The van der Waals surface area contributed by atoms with Gasteiger partial charge in [-0.25, -0.2) is 9.48 Å². The van der Waals surface area contributed by atoms with Crippen LogP contribution in [0.15, 0.2) is 77.3 Å². The number of thiophene rings is 1. The van der Waals surface area contributed by atoms with Gasteiger partial charge in [0.25, 0.3) is 0 Å². The number of aromatic hydroxyl groups is 1. The Balaban J connectivity index is 1.56. The summed E-state index contributed by atoms with van der Waals surface area (Å²) in [4.78, 5) is 26.8. The van der Waals surface area contributed by atoms with Crippen molar-refractivity contribution in [1.29, 1.82) is 0 Å². The Morgan fingerprint density at radius 1 is 1.08 bits per heavy atom. The molecule has 6 rings (SSSR count). The van der Waals surface area contributed by atoms with E-state index in [4.69, 9.17) is 5.10 Å². The normalized spacial score (nSPS) is 19.0. The lowest BCUT2D eigenvalue weighted by molar-refractivity contribution is -0.116. The number of carbonyl (C=O) groups excluding carboxylic acids is 1. The highest BCUT2D eigenvalue weighted by molar-refractivity contribution is 7.10. The van der Waals surface area contributed by atoms with Gasteiger partial charge in [0.05, 0.1) is 16.9 Å². The average Bonchev–Trinajstić information content (AvgIpc) is 3.52. The molecule has 0 radical (unpaired) electrons. The van der Waals surface area contributed by atoms with Gasteiger partial charge in [-0.05, 0) is 54.6 Å². The number of phenols is 1. The number of aryl methyl sites for hydroxylation is 1. The van der Waals surface area contributed by atoms with Crippen molar-refractivity contribution < 1.29 is 19.8 Å². The second kappa shape index (κ2) is 8.49. The molecule has 2 atom stereocenters. The third-order valence-electron chi connectivity index (χ3n) is 7.00. The van der Waals surface area contributed by atoms with Crippen molar-refractivity contribution in [2.75, 3.05) is 5.32 Å². The van der Waals surface area contributed by atoms with Crippen molar-refractivity contribution in [1.82, 2.24) is 9.78 Å². The van der Waals surface area contributed by atoms with Crippen LogP contribution in [0.3, 0.4) is 0 Å². The van der Waals surface area contributed by atoms with Crippen LogP contribution >= 0.6 is 11.3 Å². The minimum absolute atomic E-state index is 0.0783. The van der Waals surface area contributed by atoms with Crippen LogP contribution in [-0.4, -0.2) is 31.7 Å². The highest BCUT2D eigenvalue weighted by Gasteiger charge is 2.41. The number of Topliss-reactive ketones (excluding diaryl/α,β-unsaturated/α-hetero) is 1. The number of aromatic nitrogens is 2. The molecule has 0 saturated carbocycles. The number of anilines is 1. The van der Waals surface area contributed by atoms with Crippen LogP contribution < -0.4 is 5.32 Å². The smallest absolute Gasteiger partial charge is 0.337 e. The van der Waals surface area contributed by atoms with E-state index in [2.05, 4.69) is 11.4 Å². The summed E-state index contributed by atoms with van der Waals surface area (Å²) in [6, 6.07) is 17.7. The number of hydrogen-bond acceptors (Lipinski definition) is 6. The van der Waals surface area contributed by atoms with Gasteiger partial charge in [0, 0.05) is 40.0 Å². The predicted octanol–water partition coefficient (Wildman–Crippen LogP) is 5.60. The maximum atomic E-state index is 13.7. The number of nitrogens with one attached hydrogen (secondary N) is 1. The molecule has 2 aromatic heterocycles. The van der Waals surface area contributed by atoms with Crippen LogP contribution in [0.1, 0.15) is 56.7 Å². The average molecular weight is 498 g/mol. The summed E-state index contributed by atoms with van der Waals surface area (Å²) in [6.07, 6.45) is 1.10. The van der Waals surface area contributed by atoms with E-state index in [1.54, 1.807) is 52.4 Å². The Morgan fingerprint density at radius 3 is 2.58 bits per heavy atom. The molecular formula is C28H23N3O4S. The molecule has 3 heterocycles. The Bertz CT molecular complexity index is 1530. The molecule has 0 saturated heterocycles. The SMILES string of the molecule is Cc1nn(-c2ccccc2C(=O)O)c2c1[C@H](c1ccc(O)cc1)C1=C(C[C@@H](c3cccs3)CC1=O)N2. The summed E-state index contributed by atoms with van der Waals surface area (Å²) in [5, 5.41) is 30.0. The van der Waals surface area contributed by atoms with Crippen molar-refractivity contribution in [2.24, 2.45) is 0 Å². The fourth-order valence-corrected chi connectivity index (χ4v) is 6.25. The third kappa shape index (κ3) is 3.53. The number of carboxylic acid groups (broad SMARTS) is 1. The van der Waals surface area contributed by atoms with Gasteiger partial charge >= 0.3 is 5.97 Å². The molecule has 1 aliphatic heterocycles. The highest BCUT2D eigenvalue weighted by atomic mass is 32.1. The summed E-state index contributed by atoms with van der Waals surface area (Å²) in [5.74, 6) is -0.433. The van der Waals surface area contributed by atoms with Crippen LogP contribution in [0.4, 0.5) is 5.82 Å². The first-order valence-corrected chi connectivity index (χ1v) is 12.6. The van der Waals surface area contributed by atoms with Crippen LogP contribution in [0, 0.1) is 6.92 Å². The standard InChI is InChI=1S/C28H23N3O4S/c1-15-24-25(16-8-10-18(32)11-9-16)26-20(13-17(14-22(26)33)23-7-4-12-36-23)29-27(24)31(30-15)21-6-3-2-5-19(21)28(34)35/h2-12,17,25,29,32H,13-14H2,1H3,(H,34,35)/t17-,25+/m1/s1. The first kappa shape index (κ1) is 22.3. The lowest BCUT2D eigenvalue weighted by Gasteiger charge is -2.35. The Hall–Kier alpha value is -4.17. The molecule has 0 unspecified atom stereocenters. The van der Waals surface area contributed by atoms with Gasteiger partial charge in [-0.3, -0.25) is 4.79 Å². The van der Waals surface area contributed by atoms with Gasteiger partial charge < -0.3 is 15.5 Å². The number of aromatic carboxylic acids is 1. The number of carboxylic acids is 1. The van der Waals surface area contributed by atoms with E-state index in [0.29, 0.717) is 30.0 Å². The van der Waals surface area contributed by atoms with Crippen LogP contribution in [0.5, 0.6) is 5.75 Å². The Kier molecular flexibility index (Phi) is 5.26. The van der Waals surface area contributed by atoms with E-state index in [9.17, 15) is 19.8 Å². The number of ketones is 1. The lowest BCUT2D eigenvalue weighted by atomic mass is 9.73. The molecule has 0 fully saturated rings. The summed E-state index contributed by atoms with van der Waals surface area (Å²) >= 11 is 1.65. The summed E-state index contributed by atoms with van der Waals surface area (Å²) < 4.78 is 1.64. The van der Waals surface area contributed by atoms with Crippen LogP contribution in [-0.2, 0) is 4.79 Å². The molecule has 2 aliphatic rings. The molecule has 2 aromatic carbocycles. The molecule has 1 aliphatic carbocycles.